The molecule has 0 amide bonds. The van der Waals surface area contributed by atoms with Gasteiger partial charge in [-0.25, -0.2) is 0 Å². The fourth-order valence-corrected chi connectivity index (χ4v) is 0.249. The molecule has 10 heavy (non-hydrogen) atoms. The minimum atomic E-state index is -0.444. The van der Waals surface area contributed by atoms with E-state index in [1.54, 1.807) is 0 Å². The van der Waals surface area contributed by atoms with Gasteiger partial charge in [0.1, 0.15) is 0 Å². The van der Waals surface area contributed by atoms with Gasteiger partial charge in [-0.3, -0.25) is 0 Å². The summed E-state index contributed by atoms with van der Waals surface area (Å²) in [5, 5.41) is 31.5. The van der Waals surface area contributed by atoms with Crippen molar-refractivity contribution in [1.82, 2.24) is 0 Å². The van der Waals surface area contributed by atoms with Crippen LogP contribution in [0.1, 0.15) is 0 Å². The van der Waals surface area contributed by atoms with E-state index < -0.39 is 5.84 Å². The molecule has 0 unspecified atom stereocenters. The lowest BCUT2D eigenvalue weighted by molar-refractivity contribution is 0.312. The third-order valence-corrected chi connectivity index (χ3v) is 0.658. The molecule has 0 aliphatic rings. The molecule has 56 valence electrons. The van der Waals surface area contributed by atoms with Gasteiger partial charge in [-0.2, -0.15) is 0 Å². The summed E-state index contributed by atoms with van der Waals surface area (Å²) in [5.74, 6) is -0.444. The quantitative estimate of drug-likeness (QED) is 0.173. The molecule has 7 nitrogen and oxygen atoms in total. The second-order valence-corrected chi connectivity index (χ2v) is 1.22. The first-order valence-electron chi connectivity index (χ1n) is 2.13. The molecule has 0 aromatic heterocycles. The topological polar surface area (TPSA) is 124 Å². The summed E-state index contributed by atoms with van der Waals surface area (Å²) < 4.78 is 0. The molecule has 0 aliphatic heterocycles. The van der Waals surface area contributed by atoms with E-state index in [0.717, 1.165) is 6.21 Å². The molecule has 0 rings (SSSR count). The number of hydrogen-bond donors (Lipinski definition) is 4. The zero-order chi connectivity index (χ0) is 7.98. The van der Waals surface area contributed by atoms with E-state index in [1.165, 1.54) is 0 Å². The highest BCUT2D eigenvalue weighted by atomic mass is 16.4. The van der Waals surface area contributed by atoms with Gasteiger partial charge >= 0.3 is 0 Å². The molecule has 0 saturated heterocycles. The van der Waals surface area contributed by atoms with Crippen LogP contribution in [0, 0.1) is 0 Å². The maximum absolute atomic E-state index is 8.07. The molecule has 7 heteroatoms. The maximum Gasteiger partial charge on any atom is 0.193 e. The standard InChI is InChI=1S/C3H6N4O3/c4-3(7-10)2(6-9)1-5-8/h1,8-10H,(H2,4,7)/b5-1+,6-2-. The minimum absolute atomic E-state index is 0.329. The van der Waals surface area contributed by atoms with Gasteiger partial charge < -0.3 is 21.4 Å². The predicted octanol–water partition coefficient (Wildman–Crippen LogP) is -0.977. The lowest BCUT2D eigenvalue weighted by atomic mass is 10.4. The van der Waals surface area contributed by atoms with Crippen molar-refractivity contribution in [2.45, 2.75) is 0 Å². The van der Waals surface area contributed by atoms with Crippen molar-refractivity contribution in [3.05, 3.63) is 0 Å². The monoisotopic (exact) mass is 146 g/mol. The molecule has 0 spiro atoms. The average molecular weight is 146 g/mol. The van der Waals surface area contributed by atoms with E-state index in [0.29, 0.717) is 0 Å². The summed E-state index contributed by atoms with van der Waals surface area (Å²) in [5.41, 5.74) is 4.59. The van der Waals surface area contributed by atoms with Gasteiger partial charge in [0.2, 0.25) is 0 Å². The Morgan fingerprint density at radius 1 is 1.20 bits per heavy atom. The van der Waals surface area contributed by atoms with Gasteiger partial charge in [0, 0.05) is 0 Å². The first-order valence-corrected chi connectivity index (χ1v) is 2.13. The van der Waals surface area contributed by atoms with E-state index in [-0.39, 0.29) is 5.71 Å². The van der Waals surface area contributed by atoms with E-state index >= 15 is 0 Å². The van der Waals surface area contributed by atoms with Gasteiger partial charge in [0.05, 0.1) is 6.21 Å². The van der Waals surface area contributed by atoms with Crippen molar-refractivity contribution in [3.8, 4) is 0 Å². The van der Waals surface area contributed by atoms with E-state index in [4.69, 9.17) is 21.4 Å². The Labute approximate surface area is 55.7 Å². The van der Waals surface area contributed by atoms with Crippen LogP contribution in [0.15, 0.2) is 15.5 Å². The van der Waals surface area contributed by atoms with Crippen molar-refractivity contribution in [3.63, 3.8) is 0 Å². The zero-order valence-corrected chi connectivity index (χ0v) is 4.84. The summed E-state index contributed by atoms with van der Waals surface area (Å²) in [6.45, 7) is 0. The number of hydrogen-bond acceptors (Lipinski definition) is 6. The van der Waals surface area contributed by atoms with Crippen LogP contribution in [0.4, 0.5) is 0 Å². The van der Waals surface area contributed by atoms with Crippen LogP contribution in [-0.2, 0) is 0 Å². The van der Waals surface area contributed by atoms with E-state index in [2.05, 4.69) is 15.5 Å². The fourth-order valence-electron chi connectivity index (χ4n) is 0.249. The number of oxime groups is 3. The molecule has 0 heterocycles. The van der Waals surface area contributed by atoms with E-state index in [9.17, 15) is 0 Å². The Morgan fingerprint density at radius 3 is 2.10 bits per heavy atom. The fraction of sp³-hybridized carbons (Fsp3) is 0. The molecule has 5 N–H and O–H groups in total. The van der Waals surface area contributed by atoms with Crippen molar-refractivity contribution in [2.24, 2.45) is 21.2 Å². The highest BCUT2D eigenvalue weighted by molar-refractivity contribution is 6.61. The van der Waals surface area contributed by atoms with Gasteiger partial charge in [-0.05, 0) is 0 Å². The van der Waals surface area contributed by atoms with Crippen molar-refractivity contribution >= 4 is 17.8 Å². The van der Waals surface area contributed by atoms with E-state index in [1.807, 2.05) is 0 Å². The third-order valence-electron chi connectivity index (χ3n) is 0.658. The van der Waals surface area contributed by atoms with Gasteiger partial charge in [-0.1, -0.05) is 15.5 Å². The first kappa shape index (κ1) is 8.21. The van der Waals surface area contributed by atoms with Crippen molar-refractivity contribution < 1.29 is 15.6 Å². The summed E-state index contributed by atoms with van der Waals surface area (Å²) in [7, 11) is 0. The van der Waals surface area contributed by atoms with Crippen LogP contribution >= 0.6 is 0 Å². The SMILES string of the molecule is NC(=N\O)/C(/C=N/O)=N\O. The first-order chi connectivity index (χ1) is 4.76. The summed E-state index contributed by atoms with van der Waals surface area (Å²) in [4.78, 5) is 0. The molecule has 0 aromatic rings. The summed E-state index contributed by atoms with van der Waals surface area (Å²) in [6.07, 6.45) is 0.717. The second kappa shape index (κ2) is 4.13. The zero-order valence-electron chi connectivity index (χ0n) is 4.84. The highest BCUT2D eigenvalue weighted by Gasteiger charge is 2.01. The molecule has 0 radical (unpaired) electrons. The number of rotatable bonds is 2. The van der Waals surface area contributed by atoms with Crippen LogP contribution < -0.4 is 5.73 Å². The highest BCUT2D eigenvalue weighted by Crippen LogP contribution is 1.73. The second-order valence-electron chi connectivity index (χ2n) is 1.22. The molecule has 0 saturated carbocycles. The molecule has 0 atom stereocenters. The van der Waals surface area contributed by atoms with Crippen LogP contribution in [-0.4, -0.2) is 33.4 Å². The maximum atomic E-state index is 8.07. The molecule has 0 aliphatic carbocycles. The van der Waals surface area contributed by atoms with Crippen LogP contribution in [0.25, 0.3) is 0 Å². The van der Waals surface area contributed by atoms with Crippen LogP contribution in [0.5, 0.6) is 0 Å². The van der Waals surface area contributed by atoms with Crippen LogP contribution in [0.3, 0.4) is 0 Å². The number of amidine groups is 1. The average Bonchev–Trinajstić information content (AvgIpc) is 1.99. The number of nitrogens with two attached hydrogens (primary N) is 1. The predicted molar refractivity (Wildman–Crippen MR) is 32.9 cm³/mol. The summed E-state index contributed by atoms with van der Waals surface area (Å²) >= 11 is 0. The van der Waals surface area contributed by atoms with Crippen molar-refractivity contribution in [1.29, 1.82) is 0 Å². The Kier molecular flexibility index (Phi) is 3.39. The Hall–Kier alpha value is -1.79. The molecule has 0 aromatic carbocycles. The van der Waals surface area contributed by atoms with Gasteiger partial charge in [0.25, 0.3) is 0 Å². The smallest absolute Gasteiger partial charge is 0.193 e. The van der Waals surface area contributed by atoms with Gasteiger partial charge in [-0.15, -0.1) is 0 Å². The minimum Gasteiger partial charge on any atom is -0.411 e. The largest absolute Gasteiger partial charge is 0.411 e. The lowest BCUT2D eigenvalue weighted by Gasteiger charge is -1.90. The van der Waals surface area contributed by atoms with Gasteiger partial charge in [0.15, 0.2) is 11.5 Å². The normalized spacial score (nSPS) is 14.4. The lowest BCUT2D eigenvalue weighted by Crippen LogP contribution is -2.24. The van der Waals surface area contributed by atoms with Crippen molar-refractivity contribution in [2.75, 3.05) is 0 Å². The Morgan fingerprint density at radius 2 is 1.80 bits per heavy atom. The Balaban J connectivity index is 4.39. The molecular formula is C3H6N4O3. The molecule has 0 bridgehead atoms. The Bertz CT molecular complexity index is 184. The van der Waals surface area contributed by atoms with Crippen LogP contribution in [0.2, 0.25) is 0 Å². The number of nitrogens with zero attached hydrogens (tertiary/aromatic N) is 3. The molecule has 0 fully saturated rings. The summed E-state index contributed by atoms with van der Waals surface area (Å²) in [6, 6.07) is 0. The molecular weight excluding hydrogens is 140 g/mol. The third kappa shape index (κ3) is 1.99.